The molecule has 0 unspecified atom stereocenters. The number of hydrogen-bond donors (Lipinski definition) is 0. The van der Waals surface area contributed by atoms with Gasteiger partial charge in [0, 0.05) is 10.8 Å². The zero-order chi connectivity index (χ0) is 27.7. The molecule has 0 atom stereocenters. The van der Waals surface area contributed by atoms with E-state index in [1.807, 2.05) is 12.1 Å². The molecule has 1 aliphatic rings. The summed E-state index contributed by atoms with van der Waals surface area (Å²) >= 11 is 0. The van der Waals surface area contributed by atoms with Gasteiger partial charge in [-0.25, -0.2) is 0 Å². The summed E-state index contributed by atoms with van der Waals surface area (Å²) in [5, 5.41) is 4.83. The van der Waals surface area contributed by atoms with Crippen molar-refractivity contribution in [2.45, 2.75) is 5.41 Å². The topological polar surface area (TPSA) is 13.1 Å². The van der Waals surface area contributed by atoms with Gasteiger partial charge in [-0.15, -0.1) is 0 Å². The van der Waals surface area contributed by atoms with Crippen molar-refractivity contribution in [3.63, 3.8) is 0 Å². The smallest absolute Gasteiger partial charge is 0.135 e. The second-order valence-electron chi connectivity index (χ2n) is 11.3. The average Bonchev–Trinajstić information content (AvgIpc) is 3.59. The maximum absolute atomic E-state index is 6.14. The molecular formula is C41H26O. The molecule has 0 fully saturated rings. The first-order valence-electron chi connectivity index (χ1n) is 14.5. The Morgan fingerprint density at radius 2 is 1.00 bits per heavy atom. The van der Waals surface area contributed by atoms with Gasteiger partial charge >= 0.3 is 0 Å². The monoisotopic (exact) mass is 534 g/mol. The van der Waals surface area contributed by atoms with E-state index >= 15 is 0 Å². The molecule has 1 nitrogen and oxygen atoms in total. The Morgan fingerprint density at radius 3 is 1.79 bits per heavy atom. The SMILES string of the molecule is c1ccc(C2(c3ccccc3)c3ccccc3-c3ccc4ccc(-c5ccc6oc7ccccc7c6c5)cc4c32)cc1. The highest BCUT2D eigenvalue weighted by molar-refractivity contribution is 6.07. The van der Waals surface area contributed by atoms with Crippen LogP contribution in [-0.4, -0.2) is 0 Å². The highest BCUT2D eigenvalue weighted by Gasteiger charge is 2.46. The lowest BCUT2D eigenvalue weighted by molar-refractivity contribution is 0.669. The third kappa shape index (κ3) is 3.14. The Balaban J connectivity index is 1.37. The van der Waals surface area contributed by atoms with E-state index in [2.05, 4.69) is 146 Å². The second-order valence-corrected chi connectivity index (χ2v) is 11.3. The van der Waals surface area contributed by atoms with E-state index in [0.717, 1.165) is 21.9 Å². The van der Waals surface area contributed by atoms with Crippen molar-refractivity contribution in [2.75, 3.05) is 0 Å². The maximum Gasteiger partial charge on any atom is 0.135 e. The van der Waals surface area contributed by atoms with Gasteiger partial charge < -0.3 is 4.42 Å². The molecule has 0 spiro atoms. The highest BCUT2D eigenvalue weighted by atomic mass is 16.3. The van der Waals surface area contributed by atoms with Crippen LogP contribution in [0.1, 0.15) is 22.3 Å². The average molecular weight is 535 g/mol. The van der Waals surface area contributed by atoms with E-state index in [9.17, 15) is 0 Å². The lowest BCUT2D eigenvalue weighted by Gasteiger charge is -2.34. The first kappa shape index (κ1) is 23.3. The minimum Gasteiger partial charge on any atom is -0.456 e. The molecule has 196 valence electrons. The molecular weight excluding hydrogens is 508 g/mol. The molecule has 0 radical (unpaired) electrons. The molecule has 1 heteroatoms. The van der Waals surface area contributed by atoms with Gasteiger partial charge in [0.1, 0.15) is 11.2 Å². The van der Waals surface area contributed by atoms with Crippen LogP contribution in [-0.2, 0) is 5.41 Å². The minimum absolute atomic E-state index is 0.433. The van der Waals surface area contributed by atoms with Crippen LogP contribution in [0.5, 0.6) is 0 Å². The summed E-state index contributed by atoms with van der Waals surface area (Å²) in [6.07, 6.45) is 0. The van der Waals surface area contributed by atoms with Crippen LogP contribution >= 0.6 is 0 Å². The Labute approximate surface area is 244 Å². The normalized spacial score (nSPS) is 13.4. The van der Waals surface area contributed by atoms with E-state index < -0.39 is 5.41 Å². The molecule has 0 bridgehead atoms. The largest absolute Gasteiger partial charge is 0.456 e. The van der Waals surface area contributed by atoms with E-state index in [4.69, 9.17) is 4.42 Å². The molecule has 8 aromatic rings. The van der Waals surface area contributed by atoms with Crippen molar-refractivity contribution < 1.29 is 4.42 Å². The Morgan fingerprint density at radius 1 is 0.405 bits per heavy atom. The summed E-state index contributed by atoms with van der Waals surface area (Å²) in [4.78, 5) is 0. The Bertz CT molecular complexity index is 2250. The summed E-state index contributed by atoms with van der Waals surface area (Å²) in [7, 11) is 0. The molecule has 0 amide bonds. The quantitative estimate of drug-likeness (QED) is 0.220. The summed E-state index contributed by atoms with van der Waals surface area (Å²) in [6.45, 7) is 0. The van der Waals surface area contributed by atoms with Gasteiger partial charge in [-0.1, -0.05) is 133 Å². The van der Waals surface area contributed by atoms with Gasteiger partial charge in [-0.2, -0.15) is 0 Å². The number of fused-ring (bicyclic) bond motifs is 8. The molecule has 42 heavy (non-hydrogen) atoms. The third-order valence-corrected chi connectivity index (χ3v) is 9.14. The molecule has 9 rings (SSSR count). The maximum atomic E-state index is 6.14. The fourth-order valence-corrected chi connectivity index (χ4v) is 7.36. The molecule has 1 heterocycles. The third-order valence-electron chi connectivity index (χ3n) is 9.14. The number of hydrogen-bond acceptors (Lipinski definition) is 1. The first-order valence-corrected chi connectivity index (χ1v) is 14.5. The van der Waals surface area contributed by atoms with Crippen molar-refractivity contribution in [2.24, 2.45) is 0 Å². The van der Waals surface area contributed by atoms with E-state index in [-0.39, 0.29) is 0 Å². The van der Waals surface area contributed by atoms with Crippen LogP contribution < -0.4 is 0 Å². The van der Waals surface area contributed by atoms with Crippen molar-refractivity contribution in [3.05, 3.63) is 180 Å². The molecule has 0 saturated carbocycles. The molecule has 1 aliphatic carbocycles. The van der Waals surface area contributed by atoms with Crippen LogP contribution in [0.3, 0.4) is 0 Å². The van der Waals surface area contributed by atoms with Crippen LogP contribution in [0.25, 0.3) is 55.0 Å². The van der Waals surface area contributed by atoms with Crippen LogP contribution in [0, 0.1) is 0 Å². The molecule has 1 aromatic heterocycles. The highest BCUT2D eigenvalue weighted by Crippen LogP contribution is 2.58. The van der Waals surface area contributed by atoms with Crippen molar-refractivity contribution in [3.8, 4) is 22.3 Å². The predicted octanol–water partition coefficient (Wildman–Crippen LogP) is 10.8. The van der Waals surface area contributed by atoms with Gasteiger partial charge in [0.25, 0.3) is 0 Å². The van der Waals surface area contributed by atoms with Crippen molar-refractivity contribution in [1.29, 1.82) is 0 Å². The molecule has 0 aliphatic heterocycles. The number of rotatable bonds is 3. The lowest BCUT2D eigenvalue weighted by Crippen LogP contribution is -2.28. The number of benzene rings is 7. The van der Waals surface area contributed by atoms with E-state index in [0.29, 0.717) is 0 Å². The second kappa shape index (κ2) is 8.80. The standard InChI is InChI=1S/C41H26O/c1-3-11-30(12-4-1)41(31-13-5-2-6-14-31)37-17-9-7-15-32(37)34-23-21-27-19-20-28(25-35(27)40(34)41)29-22-24-39-36(26-29)33-16-8-10-18-38(33)42-39/h1-26H. The van der Waals surface area contributed by atoms with Crippen LogP contribution in [0.4, 0.5) is 0 Å². The molecule has 0 N–H and O–H groups in total. The molecule has 0 saturated heterocycles. The van der Waals surface area contributed by atoms with Crippen LogP contribution in [0.2, 0.25) is 0 Å². The molecule has 7 aromatic carbocycles. The lowest BCUT2D eigenvalue weighted by atomic mass is 9.66. The van der Waals surface area contributed by atoms with Crippen LogP contribution in [0.15, 0.2) is 162 Å². The first-order chi connectivity index (χ1) is 20.8. The van der Waals surface area contributed by atoms with Crippen molar-refractivity contribution >= 4 is 32.7 Å². The summed E-state index contributed by atoms with van der Waals surface area (Å²) < 4.78 is 6.14. The van der Waals surface area contributed by atoms with Crippen molar-refractivity contribution in [1.82, 2.24) is 0 Å². The Hall–Kier alpha value is -5.40. The number of furan rings is 1. The van der Waals surface area contributed by atoms with Gasteiger partial charge in [0.2, 0.25) is 0 Å². The minimum atomic E-state index is -0.433. The van der Waals surface area contributed by atoms with E-state index in [1.165, 1.54) is 55.3 Å². The fraction of sp³-hybridized carbons (Fsp3) is 0.0244. The summed E-state index contributed by atoms with van der Waals surface area (Å²) in [5.74, 6) is 0. The Kier molecular flexibility index (Phi) is 4.88. The summed E-state index contributed by atoms with van der Waals surface area (Å²) in [6, 6.07) is 57.4. The zero-order valence-corrected chi connectivity index (χ0v) is 22.9. The predicted molar refractivity (Wildman–Crippen MR) is 174 cm³/mol. The summed E-state index contributed by atoms with van der Waals surface area (Å²) in [5.41, 5.74) is 11.7. The van der Waals surface area contributed by atoms with Gasteiger partial charge in [-0.3, -0.25) is 0 Å². The van der Waals surface area contributed by atoms with Gasteiger partial charge in [0.15, 0.2) is 0 Å². The van der Waals surface area contributed by atoms with Gasteiger partial charge in [-0.05, 0) is 79.5 Å². The van der Waals surface area contributed by atoms with Gasteiger partial charge in [0.05, 0.1) is 5.41 Å². The fourth-order valence-electron chi connectivity index (χ4n) is 7.36. The number of para-hydroxylation sites is 1. The van der Waals surface area contributed by atoms with E-state index in [1.54, 1.807) is 0 Å². The zero-order valence-electron chi connectivity index (χ0n) is 22.9.